The zero-order valence-corrected chi connectivity index (χ0v) is 12.5. The van der Waals surface area contributed by atoms with Crippen LogP contribution in [0.2, 0.25) is 0 Å². The van der Waals surface area contributed by atoms with Gasteiger partial charge in [0.25, 0.3) is 0 Å². The molecule has 3 nitrogen and oxygen atoms in total. The first-order valence-corrected chi connectivity index (χ1v) is 7.61. The Bertz CT molecular complexity index is 590. The van der Waals surface area contributed by atoms with Crippen LogP contribution in [0.4, 0.5) is 0 Å². The van der Waals surface area contributed by atoms with Crippen LogP contribution in [0.5, 0.6) is 0 Å². The highest BCUT2D eigenvalue weighted by Gasteiger charge is 2.46. The fraction of sp³-hybridized carbons (Fsp3) is 0.385. The maximum Gasteiger partial charge on any atom is 0.136 e. The Morgan fingerprint density at radius 3 is 2.72 bits per heavy atom. The van der Waals surface area contributed by atoms with Crippen molar-refractivity contribution in [2.24, 2.45) is 5.73 Å². The Morgan fingerprint density at radius 1 is 1.39 bits per heavy atom. The fourth-order valence-corrected chi connectivity index (χ4v) is 3.44. The molecule has 0 spiro atoms. The van der Waals surface area contributed by atoms with E-state index in [0.29, 0.717) is 6.54 Å². The lowest BCUT2D eigenvalue weighted by atomic mass is 10.1. The van der Waals surface area contributed by atoms with Crippen molar-refractivity contribution >= 4 is 27.3 Å². The molecule has 94 valence electrons. The van der Waals surface area contributed by atoms with E-state index in [1.54, 1.807) is 11.3 Å². The maximum absolute atomic E-state index is 5.86. The minimum absolute atomic E-state index is 0.0509. The van der Waals surface area contributed by atoms with E-state index in [-0.39, 0.29) is 5.41 Å². The van der Waals surface area contributed by atoms with E-state index >= 15 is 0 Å². The van der Waals surface area contributed by atoms with Gasteiger partial charge in [0.05, 0.1) is 10.6 Å². The van der Waals surface area contributed by atoms with Gasteiger partial charge in [0, 0.05) is 27.5 Å². The minimum Gasteiger partial charge on any atom is -0.329 e. The fourth-order valence-electron chi connectivity index (χ4n) is 2.05. The number of aromatic nitrogens is 2. The molecular formula is C13H14BrN3S. The number of nitrogens with two attached hydrogens (primary N) is 1. The van der Waals surface area contributed by atoms with E-state index in [9.17, 15) is 0 Å². The second-order valence-electron chi connectivity index (χ2n) is 4.83. The standard InChI is InChI=1S/C13H14BrN3S/c1-8-4-10(11-5-9(14)6-18-11)17-12(16-8)13(7-15)2-3-13/h4-6H,2-3,7,15H2,1H3. The summed E-state index contributed by atoms with van der Waals surface area (Å²) in [7, 11) is 0. The molecule has 0 saturated heterocycles. The predicted octanol–water partition coefficient (Wildman–Crippen LogP) is 3.27. The molecule has 2 heterocycles. The van der Waals surface area contributed by atoms with Crippen LogP contribution in [0.25, 0.3) is 10.6 Å². The van der Waals surface area contributed by atoms with Gasteiger partial charge in [0.15, 0.2) is 0 Å². The molecule has 1 saturated carbocycles. The number of hydrogen-bond donors (Lipinski definition) is 1. The molecule has 5 heteroatoms. The molecule has 3 rings (SSSR count). The number of aryl methyl sites for hydroxylation is 1. The van der Waals surface area contributed by atoms with Crippen molar-refractivity contribution in [3.63, 3.8) is 0 Å². The third-order valence-corrected chi connectivity index (χ3v) is 5.11. The lowest BCUT2D eigenvalue weighted by molar-refractivity contribution is 0.646. The maximum atomic E-state index is 5.86. The summed E-state index contributed by atoms with van der Waals surface area (Å²) in [5.74, 6) is 0.921. The SMILES string of the molecule is Cc1cc(-c2cc(Br)cs2)nc(C2(CN)CC2)n1. The molecule has 1 fully saturated rings. The Morgan fingerprint density at radius 2 is 2.17 bits per heavy atom. The van der Waals surface area contributed by atoms with Crippen molar-refractivity contribution in [1.29, 1.82) is 0 Å². The number of thiophene rings is 1. The quantitative estimate of drug-likeness (QED) is 0.943. The van der Waals surface area contributed by atoms with Crippen LogP contribution in [-0.2, 0) is 5.41 Å². The molecule has 1 aliphatic rings. The van der Waals surface area contributed by atoms with E-state index < -0.39 is 0 Å². The first-order chi connectivity index (χ1) is 8.63. The summed E-state index contributed by atoms with van der Waals surface area (Å²) in [6.07, 6.45) is 2.22. The zero-order chi connectivity index (χ0) is 12.8. The smallest absolute Gasteiger partial charge is 0.136 e. The summed E-state index contributed by atoms with van der Waals surface area (Å²) in [4.78, 5) is 10.5. The average Bonchev–Trinajstić information content (AvgIpc) is 3.05. The van der Waals surface area contributed by atoms with Crippen LogP contribution in [0.1, 0.15) is 24.4 Å². The second-order valence-corrected chi connectivity index (χ2v) is 6.66. The number of nitrogens with zero attached hydrogens (tertiary/aromatic N) is 2. The zero-order valence-electron chi connectivity index (χ0n) is 10.1. The lowest BCUT2D eigenvalue weighted by Crippen LogP contribution is -2.23. The van der Waals surface area contributed by atoms with Crippen LogP contribution in [-0.4, -0.2) is 16.5 Å². The normalized spacial score (nSPS) is 16.8. The Hall–Kier alpha value is -0.780. The molecule has 18 heavy (non-hydrogen) atoms. The molecule has 0 radical (unpaired) electrons. The first kappa shape index (κ1) is 12.3. The van der Waals surface area contributed by atoms with Crippen LogP contribution >= 0.6 is 27.3 Å². The van der Waals surface area contributed by atoms with Crippen molar-refractivity contribution in [2.45, 2.75) is 25.2 Å². The van der Waals surface area contributed by atoms with Gasteiger partial charge in [0.1, 0.15) is 5.82 Å². The first-order valence-electron chi connectivity index (χ1n) is 5.94. The van der Waals surface area contributed by atoms with Gasteiger partial charge < -0.3 is 5.73 Å². The molecule has 0 atom stereocenters. The summed E-state index contributed by atoms with van der Waals surface area (Å²) >= 11 is 5.17. The van der Waals surface area contributed by atoms with Crippen LogP contribution < -0.4 is 5.73 Å². The minimum atomic E-state index is 0.0509. The third kappa shape index (κ3) is 2.11. The molecule has 0 aromatic carbocycles. The van der Waals surface area contributed by atoms with Gasteiger partial charge in [0.2, 0.25) is 0 Å². The van der Waals surface area contributed by atoms with Crippen molar-refractivity contribution < 1.29 is 0 Å². The molecular weight excluding hydrogens is 310 g/mol. The highest BCUT2D eigenvalue weighted by Crippen LogP contribution is 2.46. The van der Waals surface area contributed by atoms with Crippen LogP contribution in [0.3, 0.4) is 0 Å². The van der Waals surface area contributed by atoms with Crippen molar-refractivity contribution in [3.8, 4) is 10.6 Å². The molecule has 2 aromatic rings. The summed E-state index contributed by atoms with van der Waals surface area (Å²) in [6, 6.07) is 4.13. The van der Waals surface area contributed by atoms with Gasteiger partial charge in [-0.15, -0.1) is 11.3 Å². The van der Waals surface area contributed by atoms with E-state index in [4.69, 9.17) is 10.7 Å². The summed E-state index contributed by atoms with van der Waals surface area (Å²) in [6.45, 7) is 2.66. The topological polar surface area (TPSA) is 51.8 Å². The van der Waals surface area contributed by atoms with E-state index in [0.717, 1.165) is 34.5 Å². The molecule has 2 aromatic heterocycles. The Labute approximate surface area is 119 Å². The summed E-state index contributed by atoms with van der Waals surface area (Å²) in [5.41, 5.74) is 7.93. The molecule has 1 aliphatic carbocycles. The predicted molar refractivity (Wildman–Crippen MR) is 77.7 cm³/mol. The highest BCUT2D eigenvalue weighted by molar-refractivity contribution is 9.10. The molecule has 2 N–H and O–H groups in total. The van der Waals surface area contributed by atoms with Gasteiger partial charge in [-0.25, -0.2) is 9.97 Å². The Kier molecular flexibility index (Phi) is 3.00. The second kappa shape index (κ2) is 4.40. The van der Waals surface area contributed by atoms with E-state index in [2.05, 4.69) is 32.4 Å². The largest absolute Gasteiger partial charge is 0.329 e. The van der Waals surface area contributed by atoms with Gasteiger partial charge >= 0.3 is 0 Å². The average molecular weight is 324 g/mol. The van der Waals surface area contributed by atoms with Crippen LogP contribution in [0.15, 0.2) is 22.0 Å². The number of rotatable bonds is 3. The molecule has 0 aliphatic heterocycles. The highest BCUT2D eigenvalue weighted by atomic mass is 79.9. The number of hydrogen-bond acceptors (Lipinski definition) is 4. The van der Waals surface area contributed by atoms with Crippen molar-refractivity contribution in [2.75, 3.05) is 6.54 Å². The molecule has 0 bridgehead atoms. The number of halogens is 1. The molecule has 0 amide bonds. The molecule has 0 unspecified atom stereocenters. The van der Waals surface area contributed by atoms with Gasteiger partial charge in [-0.1, -0.05) is 0 Å². The Balaban J connectivity index is 2.06. The van der Waals surface area contributed by atoms with E-state index in [1.165, 1.54) is 4.88 Å². The monoisotopic (exact) mass is 323 g/mol. The van der Waals surface area contributed by atoms with Gasteiger partial charge in [-0.05, 0) is 47.8 Å². The summed E-state index contributed by atoms with van der Waals surface area (Å²) in [5, 5.41) is 2.07. The van der Waals surface area contributed by atoms with Gasteiger partial charge in [-0.3, -0.25) is 0 Å². The van der Waals surface area contributed by atoms with Gasteiger partial charge in [-0.2, -0.15) is 0 Å². The summed E-state index contributed by atoms with van der Waals surface area (Å²) < 4.78 is 1.10. The van der Waals surface area contributed by atoms with Crippen LogP contribution in [0, 0.1) is 6.92 Å². The van der Waals surface area contributed by atoms with Crippen molar-refractivity contribution in [3.05, 3.63) is 33.5 Å². The van der Waals surface area contributed by atoms with Crippen molar-refractivity contribution in [1.82, 2.24) is 9.97 Å². The van der Waals surface area contributed by atoms with E-state index in [1.807, 2.05) is 13.0 Å². The third-order valence-electron chi connectivity index (χ3n) is 3.39. The lowest BCUT2D eigenvalue weighted by Gasteiger charge is -2.12.